The van der Waals surface area contributed by atoms with Crippen molar-refractivity contribution >= 4 is 18.4 Å². The van der Waals surface area contributed by atoms with Gasteiger partial charge in [0.25, 0.3) is 5.82 Å². The van der Waals surface area contributed by atoms with E-state index in [1.807, 2.05) is 6.92 Å². The number of nitrogens with zero attached hydrogens (tertiary/aromatic N) is 3. The molecule has 7 nitrogen and oxygen atoms in total. The van der Waals surface area contributed by atoms with Crippen LogP contribution in [0.15, 0.2) is 17.2 Å². The molecule has 0 atom stereocenters. The molecule has 0 aliphatic carbocycles. The monoisotopic (exact) mass is 390 g/mol. The molecular weight excluding hydrogens is 373 g/mol. The van der Waals surface area contributed by atoms with Gasteiger partial charge < -0.3 is 14.2 Å². The third kappa shape index (κ3) is 4.34. The highest BCUT2D eigenvalue weighted by atomic mass is 32.1. The Balaban J connectivity index is 2.43. The molecule has 0 bridgehead atoms. The molecule has 1 N–H and O–H groups in total. The lowest BCUT2D eigenvalue weighted by Gasteiger charge is -2.14. The van der Waals surface area contributed by atoms with E-state index in [1.54, 1.807) is 12.1 Å². The summed E-state index contributed by atoms with van der Waals surface area (Å²) in [5.41, 5.74) is 0.429. The van der Waals surface area contributed by atoms with Gasteiger partial charge in [-0.05, 0) is 30.8 Å². The molecule has 0 saturated heterocycles. The Morgan fingerprint density at radius 3 is 2.38 bits per heavy atom. The van der Waals surface area contributed by atoms with Crippen molar-refractivity contribution in [1.82, 2.24) is 14.9 Å². The third-order valence-corrected chi connectivity index (χ3v) is 3.42. The molecule has 0 saturated carbocycles. The first-order valence-corrected chi connectivity index (χ1v) is 7.90. The van der Waals surface area contributed by atoms with E-state index in [1.165, 1.54) is 20.4 Å². The van der Waals surface area contributed by atoms with Crippen LogP contribution in [-0.2, 0) is 6.18 Å². The van der Waals surface area contributed by atoms with Crippen LogP contribution in [0.3, 0.4) is 0 Å². The van der Waals surface area contributed by atoms with Gasteiger partial charge in [0.15, 0.2) is 11.5 Å². The fourth-order valence-corrected chi connectivity index (χ4v) is 2.21. The van der Waals surface area contributed by atoms with Crippen LogP contribution in [0.2, 0.25) is 0 Å². The van der Waals surface area contributed by atoms with Crippen LogP contribution in [0.25, 0.3) is 0 Å². The number of ether oxygens (including phenoxy) is 3. The molecule has 142 valence electrons. The van der Waals surface area contributed by atoms with Crippen LogP contribution in [-0.4, -0.2) is 41.9 Å². The summed E-state index contributed by atoms with van der Waals surface area (Å²) in [6.07, 6.45) is -2.72. The van der Waals surface area contributed by atoms with Crippen LogP contribution in [0.1, 0.15) is 24.7 Å². The van der Waals surface area contributed by atoms with Gasteiger partial charge in [0, 0.05) is 5.56 Å². The summed E-state index contributed by atoms with van der Waals surface area (Å²) >= 11 is 4.78. The van der Waals surface area contributed by atoms with Crippen LogP contribution in [0.5, 0.6) is 17.2 Å². The lowest BCUT2D eigenvalue weighted by Crippen LogP contribution is -2.12. The Labute approximate surface area is 152 Å². The average molecular weight is 390 g/mol. The number of methoxy groups -OCH3 is 2. The van der Waals surface area contributed by atoms with Crippen LogP contribution >= 0.6 is 12.2 Å². The third-order valence-electron chi connectivity index (χ3n) is 3.16. The van der Waals surface area contributed by atoms with Gasteiger partial charge in [-0.25, -0.2) is 5.10 Å². The molecule has 2 rings (SSSR count). The van der Waals surface area contributed by atoms with Crippen molar-refractivity contribution in [1.29, 1.82) is 0 Å². The molecule has 0 amide bonds. The number of hydrogen-bond donors (Lipinski definition) is 1. The first kappa shape index (κ1) is 19.8. The molecule has 0 unspecified atom stereocenters. The summed E-state index contributed by atoms with van der Waals surface area (Å²) < 4.78 is 55.1. The van der Waals surface area contributed by atoms with Crippen molar-refractivity contribution in [3.63, 3.8) is 0 Å². The zero-order chi connectivity index (χ0) is 19.3. The van der Waals surface area contributed by atoms with Gasteiger partial charge in [-0.1, -0.05) is 6.92 Å². The summed E-state index contributed by atoms with van der Waals surface area (Å²) in [7, 11) is 2.89. The average Bonchev–Trinajstić information content (AvgIpc) is 2.98. The fourth-order valence-electron chi connectivity index (χ4n) is 2.03. The van der Waals surface area contributed by atoms with E-state index in [-0.39, 0.29) is 4.77 Å². The SMILES string of the molecule is CCCOc1c(OC)cc(/C=N\n2c(C(F)(F)F)n[nH]c2=S)cc1OC. The molecule has 0 radical (unpaired) electrons. The number of hydrogen-bond acceptors (Lipinski definition) is 6. The topological polar surface area (TPSA) is 73.7 Å². The number of rotatable bonds is 7. The predicted octanol–water partition coefficient (Wildman–Crippen LogP) is 3.65. The Morgan fingerprint density at radius 1 is 1.27 bits per heavy atom. The molecule has 1 aromatic heterocycles. The molecule has 2 aromatic rings. The maximum absolute atomic E-state index is 12.9. The molecule has 1 aromatic carbocycles. The smallest absolute Gasteiger partial charge is 0.453 e. The molecule has 0 aliphatic heterocycles. The van der Waals surface area contributed by atoms with E-state index < -0.39 is 12.0 Å². The van der Waals surface area contributed by atoms with Gasteiger partial charge in [-0.15, -0.1) is 5.10 Å². The van der Waals surface area contributed by atoms with E-state index in [4.69, 9.17) is 26.4 Å². The highest BCUT2D eigenvalue weighted by Crippen LogP contribution is 2.38. The molecule has 26 heavy (non-hydrogen) atoms. The van der Waals surface area contributed by atoms with E-state index in [2.05, 4.69) is 15.3 Å². The van der Waals surface area contributed by atoms with E-state index in [0.717, 1.165) is 6.42 Å². The minimum absolute atomic E-state index is 0.282. The van der Waals surface area contributed by atoms with Crippen molar-refractivity contribution in [3.8, 4) is 17.2 Å². The number of nitrogens with one attached hydrogen (secondary N) is 1. The van der Waals surface area contributed by atoms with Gasteiger partial charge in [-0.2, -0.15) is 22.9 Å². The van der Waals surface area contributed by atoms with Gasteiger partial charge in [0.2, 0.25) is 10.5 Å². The van der Waals surface area contributed by atoms with Crippen LogP contribution < -0.4 is 14.2 Å². The van der Waals surface area contributed by atoms with Crippen molar-refractivity contribution in [2.24, 2.45) is 5.10 Å². The van der Waals surface area contributed by atoms with Crippen molar-refractivity contribution in [2.75, 3.05) is 20.8 Å². The quantitative estimate of drug-likeness (QED) is 0.577. The van der Waals surface area contributed by atoms with Crippen molar-refractivity contribution in [2.45, 2.75) is 19.5 Å². The molecule has 11 heteroatoms. The van der Waals surface area contributed by atoms with Crippen molar-refractivity contribution < 1.29 is 27.4 Å². The summed E-state index contributed by atoms with van der Waals surface area (Å²) in [6, 6.07) is 3.13. The number of aromatic nitrogens is 3. The molecule has 0 fully saturated rings. The lowest BCUT2D eigenvalue weighted by molar-refractivity contribution is -0.147. The summed E-state index contributed by atoms with van der Waals surface area (Å²) in [5.74, 6) is -0.109. The summed E-state index contributed by atoms with van der Waals surface area (Å²) in [5, 5.41) is 8.99. The van der Waals surface area contributed by atoms with Crippen LogP contribution in [0.4, 0.5) is 13.2 Å². The van der Waals surface area contributed by atoms with Crippen LogP contribution in [0, 0.1) is 4.77 Å². The standard InChI is InChI=1S/C15H17F3N4O3S/c1-4-5-25-12-10(23-2)6-9(7-11(12)24-3)8-19-22-13(15(16,17)18)20-21-14(22)26/h6-8H,4-5H2,1-3H3,(H,21,26)/b19-8-. The Morgan fingerprint density at radius 2 is 1.88 bits per heavy atom. The molecule has 0 spiro atoms. The Kier molecular flexibility index (Phi) is 6.24. The minimum atomic E-state index is -4.70. The molecule has 0 aliphatic rings. The van der Waals surface area contributed by atoms with Gasteiger partial charge in [-0.3, -0.25) is 0 Å². The number of halogens is 3. The van der Waals surface area contributed by atoms with E-state index in [0.29, 0.717) is 34.1 Å². The van der Waals surface area contributed by atoms with Gasteiger partial charge in [0.05, 0.1) is 27.0 Å². The maximum Gasteiger partial charge on any atom is 0.453 e. The first-order valence-electron chi connectivity index (χ1n) is 7.49. The summed E-state index contributed by atoms with van der Waals surface area (Å²) in [4.78, 5) is 0. The second-order valence-corrected chi connectivity index (χ2v) is 5.40. The Bertz CT molecular complexity index is 820. The zero-order valence-corrected chi connectivity index (χ0v) is 15.1. The highest BCUT2D eigenvalue weighted by molar-refractivity contribution is 7.71. The minimum Gasteiger partial charge on any atom is -0.493 e. The second kappa shape index (κ2) is 8.21. The van der Waals surface area contributed by atoms with E-state index >= 15 is 0 Å². The fraction of sp³-hybridized carbons (Fsp3) is 0.400. The summed E-state index contributed by atoms with van der Waals surface area (Å²) in [6.45, 7) is 2.41. The second-order valence-electron chi connectivity index (χ2n) is 5.01. The van der Waals surface area contributed by atoms with Crippen molar-refractivity contribution in [3.05, 3.63) is 28.3 Å². The molecule has 1 heterocycles. The number of alkyl halides is 3. The van der Waals surface area contributed by atoms with E-state index in [9.17, 15) is 13.2 Å². The van der Waals surface area contributed by atoms with Gasteiger partial charge >= 0.3 is 6.18 Å². The lowest BCUT2D eigenvalue weighted by atomic mass is 10.2. The number of benzene rings is 1. The number of aromatic amines is 1. The van der Waals surface area contributed by atoms with Gasteiger partial charge in [0.1, 0.15) is 0 Å². The predicted molar refractivity (Wildman–Crippen MR) is 90.7 cm³/mol. The zero-order valence-electron chi connectivity index (χ0n) is 14.3. The largest absolute Gasteiger partial charge is 0.493 e. The molecular formula is C15H17F3N4O3S. The normalized spacial score (nSPS) is 11.8. The maximum atomic E-state index is 12.9. The number of H-pyrrole nitrogens is 1. The Hall–Kier alpha value is -2.56. The first-order chi connectivity index (χ1) is 12.3. The highest BCUT2D eigenvalue weighted by Gasteiger charge is 2.37.